The molecule has 0 unspecified atom stereocenters. The number of aromatic nitrogens is 3. The lowest BCUT2D eigenvalue weighted by Crippen LogP contribution is -2.38. The molecule has 2 aromatic rings. The van der Waals surface area contributed by atoms with E-state index in [0.717, 1.165) is 29.1 Å². The molecule has 0 radical (unpaired) electrons. The fourth-order valence-electron chi connectivity index (χ4n) is 2.01. The van der Waals surface area contributed by atoms with Gasteiger partial charge in [-0.2, -0.15) is 4.37 Å². The van der Waals surface area contributed by atoms with Gasteiger partial charge in [-0.3, -0.25) is 0 Å². The number of hydrogen-bond acceptors (Lipinski definition) is 7. The molecule has 0 amide bonds. The van der Waals surface area contributed by atoms with Crippen LogP contribution in [0.2, 0.25) is 0 Å². The molecule has 7 heteroatoms. The van der Waals surface area contributed by atoms with E-state index in [1.54, 1.807) is 11.3 Å². The highest BCUT2D eigenvalue weighted by atomic mass is 32.1. The normalized spacial score (nSPS) is 20.4. The lowest BCUT2D eigenvalue weighted by atomic mass is 9.96. The van der Waals surface area contributed by atoms with Crippen molar-refractivity contribution in [2.45, 2.75) is 32.3 Å². The molecule has 0 spiro atoms. The Labute approximate surface area is 126 Å². The molecule has 0 N–H and O–H groups in total. The molecular weight excluding hydrogens is 292 g/mol. The second kappa shape index (κ2) is 5.38. The minimum absolute atomic E-state index is 0.00422. The molecule has 1 atom stereocenters. The summed E-state index contributed by atoms with van der Waals surface area (Å²) in [6.45, 7) is 8.77. The quantitative estimate of drug-likeness (QED) is 0.853. The number of thiazole rings is 1. The average molecular weight is 310 g/mol. The number of hydrogen-bond donors (Lipinski definition) is 0. The van der Waals surface area contributed by atoms with Crippen LogP contribution >= 0.6 is 22.9 Å². The summed E-state index contributed by atoms with van der Waals surface area (Å²) in [5.74, 6) is 0.912. The van der Waals surface area contributed by atoms with Gasteiger partial charge >= 0.3 is 0 Å². The van der Waals surface area contributed by atoms with E-state index in [1.807, 2.05) is 11.6 Å². The van der Waals surface area contributed by atoms with Gasteiger partial charge in [0.05, 0.1) is 13.2 Å². The third-order valence-corrected chi connectivity index (χ3v) is 4.79. The van der Waals surface area contributed by atoms with Gasteiger partial charge in [0, 0.05) is 35.1 Å². The van der Waals surface area contributed by atoms with E-state index in [-0.39, 0.29) is 11.5 Å². The van der Waals surface area contributed by atoms with E-state index in [2.05, 4.69) is 40.0 Å². The lowest BCUT2D eigenvalue weighted by molar-refractivity contribution is 0.0396. The number of rotatable bonds is 2. The first kappa shape index (κ1) is 13.9. The van der Waals surface area contributed by atoms with Crippen molar-refractivity contribution in [1.29, 1.82) is 0 Å². The van der Waals surface area contributed by atoms with Crippen molar-refractivity contribution >= 4 is 28.0 Å². The zero-order chi connectivity index (χ0) is 14.2. The van der Waals surface area contributed by atoms with Crippen LogP contribution in [-0.4, -0.2) is 34.0 Å². The first-order valence-electron chi connectivity index (χ1n) is 6.64. The topological polar surface area (TPSA) is 51.1 Å². The summed E-state index contributed by atoms with van der Waals surface area (Å²) in [7, 11) is 0. The third kappa shape index (κ3) is 2.84. The summed E-state index contributed by atoms with van der Waals surface area (Å²) in [6, 6.07) is 0. The van der Waals surface area contributed by atoms with Crippen LogP contribution in [0.4, 0.5) is 5.13 Å². The van der Waals surface area contributed by atoms with Gasteiger partial charge in [-0.1, -0.05) is 20.8 Å². The van der Waals surface area contributed by atoms with Gasteiger partial charge in [0.25, 0.3) is 0 Å². The Hall–Kier alpha value is -1.05. The molecule has 2 aromatic heterocycles. The minimum atomic E-state index is -0.00422. The van der Waals surface area contributed by atoms with Crippen molar-refractivity contribution in [2.24, 2.45) is 0 Å². The van der Waals surface area contributed by atoms with Crippen molar-refractivity contribution in [3.05, 3.63) is 22.4 Å². The molecule has 1 aliphatic rings. The molecule has 20 heavy (non-hydrogen) atoms. The van der Waals surface area contributed by atoms with Crippen LogP contribution in [-0.2, 0) is 10.2 Å². The Bertz CT molecular complexity index is 561. The fraction of sp³-hybridized carbons (Fsp3) is 0.615. The van der Waals surface area contributed by atoms with E-state index >= 15 is 0 Å². The standard InChI is InChI=1S/C13H18N4OS2/c1-13(2,3)11-15-12(20-16-11)17-5-6-18-9(8-17)10-14-4-7-19-10/h4,7,9H,5-6,8H2,1-3H3/t9-/m0/s1. The molecule has 108 valence electrons. The van der Waals surface area contributed by atoms with Crippen molar-refractivity contribution in [3.8, 4) is 0 Å². The van der Waals surface area contributed by atoms with Gasteiger partial charge in [-0.05, 0) is 0 Å². The Balaban J connectivity index is 1.75. The molecule has 5 nitrogen and oxygen atoms in total. The van der Waals surface area contributed by atoms with E-state index in [4.69, 9.17) is 4.74 Å². The highest BCUT2D eigenvalue weighted by Crippen LogP contribution is 2.30. The summed E-state index contributed by atoms with van der Waals surface area (Å²) >= 11 is 3.12. The van der Waals surface area contributed by atoms with Crippen molar-refractivity contribution < 1.29 is 4.74 Å². The van der Waals surface area contributed by atoms with Gasteiger partial charge < -0.3 is 9.64 Å². The average Bonchev–Trinajstić information content (AvgIpc) is 3.10. The summed E-state index contributed by atoms with van der Waals surface area (Å²) < 4.78 is 10.3. The Morgan fingerprint density at radius 1 is 1.40 bits per heavy atom. The fourth-order valence-corrected chi connectivity index (χ4v) is 3.58. The zero-order valence-electron chi connectivity index (χ0n) is 11.9. The van der Waals surface area contributed by atoms with Crippen molar-refractivity contribution in [1.82, 2.24) is 14.3 Å². The zero-order valence-corrected chi connectivity index (χ0v) is 13.5. The molecule has 3 heterocycles. The van der Waals surface area contributed by atoms with E-state index in [1.165, 1.54) is 11.5 Å². The summed E-state index contributed by atoms with van der Waals surface area (Å²) in [5.41, 5.74) is -0.00422. The van der Waals surface area contributed by atoms with Gasteiger partial charge in [0.15, 0.2) is 0 Å². The SMILES string of the molecule is CC(C)(C)c1nsc(N2CCO[C@H](c3nccs3)C2)n1. The van der Waals surface area contributed by atoms with Gasteiger partial charge in [-0.25, -0.2) is 9.97 Å². The lowest BCUT2D eigenvalue weighted by Gasteiger charge is -2.31. The second-order valence-corrected chi connectivity index (χ2v) is 7.48. The van der Waals surface area contributed by atoms with Gasteiger partial charge in [0.2, 0.25) is 5.13 Å². The van der Waals surface area contributed by atoms with Crippen LogP contribution in [0.15, 0.2) is 11.6 Å². The second-order valence-electron chi connectivity index (χ2n) is 5.83. The van der Waals surface area contributed by atoms with Crippen LogP contribution in [0.5, 0.6) is 0 Å². The van der Waals surface area contributed by atoms with Crippen LogP contribution in [0.3, 0.4) is 0 Å². The van der Waals surface area contributed by atoms with Crippen LogP contribution in [0.1, 0.15) is 37.7 Å². The summed E-state index contributed by atoms with van der Waals surface area (Å²) in [5, 5.41) is 4.01. The third-order valence-electron chi connectivity index (χ3n) is 3.15. The largest absolute Gasteiger partial charge is 0.367 e. The monoisotopic (exact) mass is 310 g/mol. The molecule has 3 rings (SSSR count). The Morgan fingerprint density at radius 2 is 2.25 bits per heavy atom. The predicted octanol–water partition coefficient (Wildman–Crippen LogP) is 2.87. The van der Waals surface area contributed by atoms with E-state index < -0.39 is 0 Å². The molecule has 1 saturated heterocycles. The molecule has 0 aromatic carbocycles. The molecule has 1 aliphatic heterocycles. The van der Waals surface area contributed by atoms with E-state index in [0.29, 0.717) is 6.61 Å². The maximum Gasteiger partial charge on any atom is 0.205 e. The number of morpholine rings is 1. The van der Waals surface area contributed by atoms with Crippen LogP contribution < -0.4 is 4.90 Å². The minimum Gasteiger partial charge on any atom is -0.367 e. The molecule has 0 saturated carbocycles. The van der Waals surface area contributed by atoms with Crippen molar-refractivity contribution in [2.75, 3.05) is 24.6 Å². The van der Waals surface area contributed by atoms with Crippen molar-refractivity contribution in [3.63, 3.8) is 0 Å². The Kier molecular flexibility index (Phi) is 3.74. The molecule has 1 fully saturated rings. The molecular formula is C13H18N4OS2. The molecule has 0 bridgehead atoms. The number of anilines is 1. The smallest absolute Gasteiger partial charge is 0.205 e. The van der Waals surface area contributed by atoms with Gasteiger partial charge in [-0.15, -0.1) is 11.3 Å². The van der Waals surface area contributed by atoms with Crippen LogP contribution in [0, 0.1) is 0 Å². The maximum absolute atomic E-state index is 5.81. The summed E-state index contributed by atoms with van der Waals surface area (Å²) in [4.78, 5) is 11.3. The molecule has 0 aliphatic carbocycles. The number of ether oxygens (including phenoxy) is 1. The first-order chi connectivity index (χ1) is 9.54. The first-order valence-corrected chi connectivity index (χ1v) is 8.29. The highest BCUT2D eigenvalue weighted by Gasteiger charge is 2.27. The van der Waals surface area contributed by atoms with Gasteiger partial charge in [0.1, 0.15) is 16.9 Å². The van der Waals surface area contributed by atoms with Crippen LogP contribution in [0.25, 0.3) is 0 Å². The highest BCUT2D eigenvalue weighted by molar-refractivity contribution is 7.10. The maximum atomic E-state index is 5.81. The number of nitrogens with zero attached hydrogens (tertiary/aromatic N) is 4. The Morgan fingerprint density at radius 3 is 2.90 bits per heavy atom. The predicted molar refractivity (Wildman–Crippen MR) is 81.6 cm³/mol. The summed E-state index contributed by atoms with van der Waals surface area (Å²) in [6.07, 6.45) is 1.87. The van der Waals surface area contributed by atoms with E-state index in [9.17, 15) is 0 Å².